The first-order chi connectivity index (χ1) is 14.5. The van der Waals surface area contributed by atoms with Gasteiger partial charge in [0.1, 0.15) is 6.04 Å². The Morgan fingerprint density at radius 2 is 1.93 bits per heavy atom. The minimum Gasteiger partial charge on any atom is -0.371 e. The van der Waals surface area contributed by atoms with Gasteiger partial charge >= 0.3 is 0 Å². The molecule has 1 aliphatic heterocycles. The van der Waals surface area contributed by atoms with E-state index in [0.717, 1.165) is 42.3 Å². The first-order valence-electron chi connectivity index (χ1n) is 10.9. The van der Waals surface area contributed by atoms with Crippen LogP contribution in [0.1, 0.15) is 50.4 Å². The lowest BCUT2D eigenvalue weighted by Crippen LogP contribution is -2.44. The van der Waals surface area contributed by atoms with Crippen molar-refractivity contribution in [2.45, 2.75) is 65.5 Å². The standard InChI is InChI=1S/C23H33N5O2/c1-4-8-21(25-22(29)11-14-28-18(3)15-17(2)26-28)23(30)24-19-9-7-10-20(16-19)27-12-5-6-13-27/h7,9-10,15-16,21H,4-6,8,11-14H2,1-3H3,(H,24,30)(H,25,29). The second-order valence-corrected chi connectivity index (χ2v) is 8.04. The van der Waals surface area contributed by atoms with Crippen molar-refractivity contribution < 1.29 is 9.59 Å². The Balaban J connectivity index is 1.56. The molecule has 30 heavy (non-hydrogen) atoms. The maximum atomic E-state index is 12.8. The highest BCUT2D eigenvalue weighted by Gasteiger charge is 2.21. The molecule has 0 radical (unpaired) electrons. The summed E-state index contributed by atoms with van der Waals surface area (Å²) in [5, 5.41) is 10.3. The zero-order valence-electron chi connectivity index (χ0n) is 18.3. The van der Waals surface area contributed by atoms with Crippen LogP contribution in [0.15, 0.2) is 30.3 Å². The molecule has 1 aliphatic rings. The number of carbonyl (C=O) groups is 2. The first-order valence-corrected chi connectivity index (χ1v) is 10.9. The van der Waals surface area contributed by atoms with Gasteiger partial charge in [-0.25, -0.2) is 0 Å². The predicted molar refractivity (Wildman–Crippen MR) is 120 cm³/mol. The van der Waals surface area contributed by atoms with Crippen molar-refractivity contribution in [3.63, 3.8) is 0 Å². The highest BCUT2D eigenvalue weighted by molar-refractivity contribution is 5.97. The predicted octanol–water partition coefficient (Wildman–Crippen LogP) is 3.41. The maximum absolute atomic E-state index is 12.8. The Hall–Kier alpha value is -2.83. The van der Waals surface area contributed by atoms with Gasteiger partial charge < -0.3 is 15.5 Å². The van der Waals surface area contributed by atoms with Gasteiger partial charge in [-0.1, -0.05) is 19.4 Å². The van der Waals surface area contributed by atoms with Crippen LogP contribution in [0.4, 0.5) is 11.4 Å². The summed E-state index contributed by atoms with van der Waals surface area (Å²) in [4.78, 5) is 27.6. The van der Waals surface area contributed by atoms with Gasteiger partial charge in [0, 0.05) is 43.1 Å². The number of nitrogens with one attached hydrogen (secondary N) is 2. The van der Waals surface area contributed by atoms with Crippen molar-refractivity contribution in [3.05, 3.63) is 41.7 Å². The summed E-state index contributed by atoms with van der Waals surface area (Å²) >= 11 is 0. The van der Waals surface area contributed by atoms with Crippen molar-refractivity contribution in [1.29, 1.82) is 0 Å². The average molecular weight is 412 g/mol. The van der Waals surface area contributed by atoms with Gasteiger partial charge in [-0.2, -0.15) is 5.10 Å². The molecule has 0 aliphatic carbocycles. The van der Waals surface area contributed by atoms with E-state index in [-0.39, 0.29) is 11.8 Å². The van der Waals surface area contributed by atoms with Crippen LogP contribution in [0.2, 0.25) is 0 Å². The second-order valence-electron chi connectivity index (χ2n) is 8.04. The molecule has 1 aromatic carbocycles. The topological polar surface area (TPSA) is 79.3 Å². The molecule has 7 heteroatoms. The third-order valence-corrected chi connectivity index (χ3v) is 5.47. The first kappa shape index (κ1) is 21.9. The molecule has 1 atom stereocenters. The molecule has 162 valence electrons. The smallest absolute Gasteiger partial charge is 0.246 e. The Morgan fingerprint density at radius 1 is 1.17 bits per heavy atom. The zero-order valence-corrected chi connectivity index (χ0v) is 18.3. The van der Waals surface area contributed by atoms with E-state index in [1.54, 1.807) is 0 Å². The van der Waals surface area contributed by atoms with Crippen LogP contribution in [0, 0.1) is 13.8 Å². The Morgan fingerprint density at radius 3 is 2.60 bits per heavy atom. The number of aromatic nitrogens is 2. The minimum atomic E-state index is -0.543. The largest absolute Gasteiger partial charge is 0.371 e. The van der Waals surface area contributed by atoms with Crippen molar-refractivity contribution in [3.8, 4) is 0 Å². The van der Waals surface area contributed by atoms with E-state index in [1.165, 1.54) is 12.8 Å². The summed E-state index contributed by atoms with van der Waals surface area (Å²) in [5.41, 5.74) is 3.86. The van der Waals surface area contributed by atoms with E-state index in [4.69, 9.17) is 0 Å². The molecule has 2 aromatic rings. The van der Waals surface area contributed by atoms with E-state index in [1.807, 2.05) is 49.7 Å². The van der Waals surface area contributed by atoms with Crippen LogP contribution in [0.25, 0.3) is 0 Å². The van der Waals surface area contributed by atoms with Crippen LogP contribution in [-0.2, 0) is 16.1 Å². The number of amides is 2. The molecule has 0 saturated carbocycles. The summed E-state index contributed by atoms with van der Waals surface area (Å²) in [5.74, 6) is -0.308. The SMILES string of the molecule is CCCC(NC(=O)CCn1nc(C)cc1C)C(=O)Nc1cccc(N2CCCC2)c1. The molecule has 3 rings (SSSR count). The normalized spacial score (nSPS) is 14.6. The highest BCUT2D eigenvalue weighted by atomic mass is 16.2. The Labute approximate surface area is 178 Å². The summed E-state index contributed by atoms with van der Waals surface area (Å²) in [6.45, 7) is 8.54. The summed E-state index contributed by atoms with van der Waals surface area (Å²) < 4.78 is 1.83. The van der Waals surface area contributed by atoms with Gasteiger partial charge in [-0.3, -0.25) is 14.3 Å². The van der Waals surface area contributed by atoms with E-state index >= 15 is 0 Å². The van der Waals surface area contributed by atoms with Crippen LogP contribution in [-0.4, -0.2) is 40.7 Å². The fraction of sp³-hybridized carbons (Fsp3) is 0.522. The number of hydrogen-bond acceptors (Lipinski definition) is 4. The van der Waals surface area contributed by atoms with E-state index in [9.17, 15) is 9.59 Å². The number of rotatable bonds is 9. The molecule has 7 nitrogen and oxygen atoms in total. The van der Waals surface area contributed by atoms with Crippen molar-refractivity contribution in [2.75, 3.05) is 23.3 Å². The van der Waals surface area contributed by atoms with Crippen molar-refractivity contribution >= 4 is 23.2 Å². The molecule has 1 saturated heterocycles. The summed E-state index contributed by atoms with van der Waals surface area (Å²) in [7, 11) is 0. The van der Waals surface area contributed by atoms with Gasteiger partial charge in [0.25, 0.3) is 0 Å². The molecule has 1 fully saturated rings. The molecule has 2 N–H and O–H groups in total. The molecule has 0 bridgehead atoms. The number of nitrogens with zero attached hydrogens (tertiary/aromatic N) is 3. The summed E-state index contributed by atoms with van der Waals surface area (Å²) in [6, 6.07) is 9.39. The van der Waals surface area contributed by atoms with Crippen LogP contribution in [0.5, 0.6) is 0 Å². The number of aryl methyl sites for hydroxylation is 3. The molecule has 1 aromatic heterocycles. The van der Waals surface area contributed by atoms with Gasteiger partial charge in [0.15, 0.2) is 0 Å². The molecule has 2 amide bonds. The maximum Gasteiger partial charge on any atom is 0.246 e. The lowest BCUT2D eigenvalue weighted by molar-refractivity contribution is -0.126. The minimum absolute atomic E-state index is 0.137. The second kappa shape index (κ2) is 10.3. The van der Waals surface area contributed by atoms with Crippen LogP contribution < -0.4 is 15.5 Å². The third kappa shape index (κ3) is 5.84. The van der Waals surface area contributed by atoms with E-state index in [2.05, 4.69) is 26.7 Å². The van der Waals surface area contributed by atoms with Gasteiger partial charge in [-0.15, -0.1) is 0 Å². The van der Waals surface area contributed by atoms with Crippen molar-refractivity contribution in [2.24, 2.45) is 0 Å². The van der Waals surface area contributed by atoms with Crippen LogP contribution >= 0.6 is 0 Å². The quantitative estimate of drug-likeness (QED) is 0.663. The third-order valence-electron chi connectivity index (χ3n) is 5.47. The fourth-order valence-corrected chi connectivity index (χ4v) is 3.92. The fourth-order valence-electron chi connectivity index (χ4n) is 3.92. The molecular formula is C23H33N5O2. The van der Waals surface area contributed by atoms with E-state index < -0.39 is 6.04 Å². The zero-order chi connectivity index (χ0) is 21.5. The average Bonchev–Trinajstić information content (AvgIpc) is 3.36. The molecule has 1 unspecified atom stereocenters. The lowest BCUT2D eigenvalue weighted by atomic mass is 10.1. The highest BCUT2D eigenvalue weighted by Crippen LogP contribution is 2.23. The lowest BCUT2D eigenvalue weighted by Gasteiger charge is -2.20. The molecular weight excluding hydrogens is 378 g/mol. The van der Waals surface area contributed by atoms with Gasteiger partial charge in [0.05, 0.1) is 5.69 Å². The van der Waals surface area contributed by atoms with Crippen molar-refractivity contribution in [1.82, 2.24) is 15.1 Å². The Kier molecular flexibility index (Phi) is 7.49. The van der Waals surface area contributed by atoms with Gasteiger partial charge in [-0.05, 0) is 57.4 Å². The number of anilines is 2. The summed E-state index contributed by atoms with van der Waals surface area (Å²) in [6.07, 6.45) is 4.12. The number of carbonyl (C=O) groups excluding carboxylic acids is 2. The van der Waals surface area contributed by atoms with E-state index in [0.29, 0.717) is 19.4 Å². The van der Waals surface area contributed by atoms with Crippen LogP contribution in [0.3, 0.4) is 0 Å². The number of hydrogen-bond donors (Lipinski definition) is 2. The molecule has 0 spiro atoms. The van der Waals surface area contributed by atoms with Gasteiger partial charge in [0.2, 0.25) is 11.8 Å². The Bertz CT molecular complexity index is 870. The number of benzene rings is 1. The monoisotopic (exact) mass is 411 g/mol. The molecule has 2 heterocycles.